The van der Waals surface area contributed by atoms with Crippen LogP contribution in [0.2, 0.25) is 0 Å². The van der Waals surface area contributed by atoms with Gasteiger partial charge < -0.3 is 19.1 Å². The number of hydrogen-bond donors (Lipinski definition) is 0. The number of rotatable bonds is 10. The van der Waals surface area contributed by atoms with Gasteiger partial charge in [0, 0.05) is 49.2 Å². The van der Waals surface area contributed by atoms with Crippen molar-refractivity contribution in [2.75, 3.05) is 33.4 Å². The zero-order chi connectivity index (χ0) is 20.5. The van der Waals surface area contributed by atoms with E-state index in [0.717, 1.165) is 16.6 Å². The molecule has 0 unspecified atom stereocenters. The van der Waals surface area contributed by atoms with Crippen LogP contribution in [-0.2, 0) is 23.1 Å². The number of ether oxygens (including phenoxy) is 1. The van der Waals surface area contributed by atoms with E-state index in [0.29, 0.717) is 31.8 Å². The largest absolute Gasteiger partial charge is 0.383 e. The van der Waals surface area contributed by atoms with Crippen LogP contribution in [0, 0.1) is 0 Å². The molecule has 0 atom stereocenters. The first-order chi connectivity index (χ1) is 13.5. The number of amides is 2. The summed E-state index contributed by atoms with van der Waals surface area (Å²) in [6.07, 6.45) is 2.74. The van der Waals surface area contributed by atoms with Gasteiger partial charge in [0.1, 0.15) is 6.54 Å². The molecule has 28 heavy (non-hydrogen) atoms. The molecule has 0 aliphatic rings. The lowest BCUT2D eigenvalue weighted by atomic mass is 10.2. The van der Waals surface area contributed by atoms with Crippen LogP contribution in [0.15, 0.2) is 47.1 Å². The van der Waals surface area contributed by atoms with E-state index in [4.69, 9.17) is 4.74 Å². The molecule has 7 heteroatoms. The number of halogens is 1. The fourth-order valence-corrected chi connectivity index (χ4v) is 3.17. The quantitative estimate of drug-likeness (QED) is 0.558. The minimum Gasteiger partial charge on any atom is -0.383 e. The van der Waals surface area contributed by atoms with Gasteiger partial charge in [0.15, 0.2) is 0 Å². The highest BCUT2D eigenvalue weighted by molar-refractivity contribution is 9.10. The van der Waals surface area contributed by atoms with Crippen LogP contribution >= 0.6 is 15.9 Å². The van der Waals surface area contributed by atoms with Crippen molar-refractivity contribution < 1.29 is 14.3 Å². The number of methoxy groups -OCH3 is 1. The molecule has 2 amide bonds. The molecule has 0 saturated heterocycles. The molecular formula is C21H28BrN3O3. The van der Waals surface area contributed by atoms with Crippen molar-refractivity contribution in [3.05, 3.63) is 58.3 Å². The Bertz CT molecular complexity index is 773. The van der Waals surface area contributed by atoms with Crippen molar-refractivity contribution in [1.29, 1.82) is 0 Å². The average Bonchev–Trinajstić information content (AvgIpc) is 3.09. The minimum atomic E-state index is -0.131. The normalized spacial score (nSPS) is 10.7. The Kier molecular flexibility index (Phi) is 8.73. The Balaban J connectivity index is 2.12. The van der Waals surface area contributed by atoms with Crippen molar-refractivity contribution in [3.8, 4) is 0 Å². The summed E-state index contributed by atoms with van der Waals surface area (Å²) in [5.41, 5.74) is 1.61. The summed E-state index contributed by atoms with van der Waals surface area (Å²) in [5.74, 6) is -0.217. The van der Waals surface area contributed by atoms with E-state index in [1.165, 1.54) is 0 Å². The molecule has 6 nitrogen and oxygen atoms in total. The number of carbonyl (C=O) groups excluding carboxylic acids is 2. The first-order valence-electron chi connectivity index (χ1n) is 9.38. The number of nitrogens with zero attached hydrogens (tertiary/aromatic N) is 3. The first-order valence-corrected chi connectivity index (χ1v) is 10.2. The number of aryl methyl sites for hydroxylation is 1. The lowest BCUT2D eigenvalue weighted by molar-refractivity contribution is -0.133. The molecule has 1 heterocycles. The van der Waals surface area contributed by atoms with Gasteiger partial charge in [-0.15, -0.1) is 0 Å². The first kappa shape index (κ1) is 22.2. The second-order valence-electron chi connectivity index (χ2n) is 6.65. The van der Waals surface area contributed by atoms with Gasteiger partial charge in [0.05, 0.1) is 13.2 Å². The van der Waals surface area contributed by atoms with E-state index in [1.54, 1.807) is 29.0 Å². The third kappa shape index (κ3) is 6.21. The fourth-order valence-electron chi connectivity index (χ4n) is 2.91. The summed E-state index contributed by atoms with van der Waals surface area (Å²) >= 11 is 3.38. The van der Waals surface area contributed by atoms with Crippen LogP contribution in [-0.4, -0.2) is 59.5 Å². The van der Waals surface area contributed by atoms with E-state index < -0.39 is 0 Å². The fraction of sp³-hybridized carbons (Fsp3) is 0.429. The van der Waals surface area contributed by atoms with Crippen LogP contribution in [0.4, 0.5) is 0 Å². The monoisotopic (exact) mass is 449 g/mol. The molecule has 0 saturated carbocycles. The lowest BCUT2D eigenvalue weighted by Crippen LogP contribution is -2.44. The molecule has 2 aromatic rings. The smallest absolute Gasteiger partial charge is 0.254 e. The Morgan fingerprint density at radius 1 is 1.11 bits per heavy atom. The summed E-state index contributed by atoms with van der Waals surface area (Å²) in [5, 5.41) is 0. The maximum atomic E-state index is 13.0. The Morgan fingerprint density at radius 3 is 2.39 bits per heavy atom. The van der Waals surface area contributed by atoms with E-state index in [1.807, 2.05) is 49.0 Å². The molecule has 2 rings (SSSR count). The second kappa shape index (κ2) is 11.0. The van der Waals surface area contributed by atoms with Gasteiger partial charge in [-0.05, 0) is 42.8 Å². The molecule has 0 spiro atoms. The summed E-state index contributed by atoms with van der Waals surface area (Å²) in [7, 11) is 3.57. The molecule has 1 aromatic heterocycles. The highest BCUT2D eigenvalue weighted by atomic mass is 79.9. The molecule has 0 aliphatic heterocycles. The van der Waals surface area contributed by atoms with Gasteiger partial charge in [0.25, 0.3) is 5.91 Å². The van der Waals surface area contributed by atoms with Gasteiger partial charge in [-0.25, -0.2) is 0 Å². The molecule has 0 N–H and O–H groups in total. The van der Waals surface area contributed by atoms with E-state index in [-0.39, 0.29) is 18.4 Å². The molecular weight excluding hydrogens is 422 g/mol. The number of benzene rings is 1. The topological polar surface area (TPSA) is 54.8 Å². The van der Waals surface area contributed by atoms with Crippen molar-refractivity contribution in [2.24, 2.45) is 7.05 Å². The standard InChI is InChI=1S/C21H28BrN3O3/c1-4-11-25(21(27)17-7-9-18(22)10-8-17)16-20(26)24(13-14-28-3)15-19-6-5-12-23(19)2/h5-10,12H,4,11,13-16H2,1-3H3. The Morgan fingerprint density at radius 2 is 1.82 bits per heavy atom. The van der Waals surface area contributed by atoms with Gasteiger partial charge in [0.2, 0.25) is 5.91 Å². The van der Waals surface area contributed by atoms with Crippen molar-refractivity contribution in [2.45, 2.75) is 19.9 Å². The van der Waals surface area contributed by atoms with Gasteiger partial charge >= 0.3 is 0 Å². The summed E-state index contributed by atoms with van der Waals surface area (Å²) in [4.78, 5) is 29.3. The van der Waals surface area contributed by atoms with Crippen LogP contribution in [0.1, 0.15) is 29.4 Å². The molecule has 1 aromatic carbocycles. The second-order valence-corrected chi connectivity index (χ2v) is 7.57. The van der Waals surface area contributed by atoms with Crippen LogP contribution < -0.4 is 0 Å². The Hall–Kier alpha value is -2.12. The number of carbonyl (C=O) groups is 2. The zero-order valence-electron chi connectivity index (χ0n) is 16.7. The average molecular weight is 450 g/mol. The van der Waals surface area contributed by atoms with E-state index in [9.17, 15) is 9.59 Å². The third-order valence-electron chi connectivity index (χ3n) is 4.52. The van der Waals surface area contributed by atoms with Gasteiger partial charge in [-0.1, -0.05) is 22.9 Å². The van der Waals surface area contributed by atoms with Gasteiger partial charge in [-0.2, -0.15) is 0 Å². The van der Waals surface area contributed by atoms with Crippen molar-refractivity contribution >= 4 is 27.7 Å². The molecule has 0 bridgehead atoms. The van der Waals surface area contributed by atoms with Gasteiger partial charge in [-0.3, -0.25) is 9.59 Å². The van der Waals surface area contributed by atoms with Crippen molar-refractivity contribution in [3.63, 3.8) is 0 Å². The lowest BCUT2D eigenvalue weighted by Gasteiger charge is -2.27. The maximum absolute atomic E-state index is 13.0. The summed E-state index contributed by atoms with van der Waals surface area (Å²) in [6, 6.07) is 11.1. The predicted octanol–water partition coefficient (Wildman–Crippen LogP) is 3.32. The van der Waals surface area contributed by atoms with Crippen LogP contribution in [0.5, 0.6) is 0 Å². The molecule has 152 valence electrons. The highest BCUT2D eigenvalue weighted by Crippen LogP contribution is 2.13. The maximum Gasteiger partial charge on any atom is 0.254 e. The van der Waals surface area contributed by atoms with Crippen molar-refractivity contribution in [1.82, 2.24) is 14.4 Å². The molecule has 0 radical (unpaired) electrons. The SMILES string of the molecule is CCCN(CC(=O)N(CCOC)Cc1cccn1C)C(=O)c1ccc(Br)cc1. The predicted molar refractivity (Wildman–Crippen MR) is 113 cm³/mol. The third-order valence-corrected chi connectivity index (χ3v) is 5.05. The summed E-state index contributed by atoms with van der Waals surface area (Å²) < 4.78 is 8.07. The highest BCUT2D eigenvalue weighted by Gasteiger charge is 2.22. The van der Waals surface area contributed by atoms with Crippen LogP contribution in [0.25, 0.3) is 0 Å². The zero-order valence-corrected chi connectivity index (χ0v) is 18.3. The van der Waals surface area contributed by atoms with E-state index >= 15 is 0 Å². The Labute approximate surface area is 175 Å². The molecule has 0 aliphatic carbocycles. The minimum absolute atomic E-state index is 0.0525. The summed E-state index contributed by atoms with van der Waals surface area (Å²) in [6.45, 7) is 3.99. The number of aromatic nitrogens is 1. The van der Waals surface area contributed by atoms with E-state index in [2.05, 4.69) is 15.9 Å². The molecule has 0 fully saturated rings. The number of hydrogen-bond acceptors (Lipinski definition) is 3. The van der Waals surface area contributed by atoms with Crippen LogP contribution in [0.3, 0.4) is 0 Å².